The molecular formula is C15H24ClNO2. The van der Waals surface area contributed by atoms with E-state index >= 15 is 0 Å². The van der Waals surface area contributed by atoms with E-state index < -0.39 is 0 Å². The summed E-state index contributed by atoms with van der Waals surface area (Å²) in [6.07, 6.45) is 6.46. The first kappa shape index (κ1) is 16.0. The lowest BCUT2D eigenvalue weighted by atomic mass is 9.95. The van der Waals surface area contributed by atoms with E-state index in [2.05, 4.69) is 12.2 Å². The van der Waals surface area contributed by atoms with Crippen molar-refractivity contribution in [2.45, 2.75) is 45.1 Å². The standard InChI is InChI=1S/C15H23NO2.ClH/c1-11-9-13(17-2)15(14(10-11)18-3)16-12-7-5-4-6-8-12;/h9-10,12,16H,4-8H2,1-3H3;1H. The zero-order chi connectivity index (χ0) is 13.0. The Bertz CT molecular complexity index is 378. The van der Waals surface area contributed by atoms with Gasteiger partial charge in [-0.15, -0.1) is 12.4 Å². The van der Waals surface area contributed by atoms with Gasteiger partial charge >= 0.3 is 0 Å². The topological polar surface area (TPSA) is 30.5 Å². The van der Waals surface area contributed by atoms with Gasteiger partial charge in [0.05, 0.1) is 14.2 Å². The molecule has 1 aliphatic rings. The molecule has 19 heavy (non-hydrogen) atoms. The fraction of sp³-hybridized carbons (Fsp3) is 0.600. The smallest absolute Gasteiger partial charge is 0.146 e. The lowest BCUT2D eigenvalue weighted by molar-refractivity contribution is 0.392. The second-order valence-electron chi connectivity index (χ2n) is 5.02. The van der Waals surface area contributed by atoms with Crippen molar-refractivity contribution in [1.29, 1.82) is 0 Å². The van der Waals surface area contributed by atoms with E-state index in [4.69, 9.17) is 9.47 Å². The number of anilines is 1. The molecule has 0 atom stereocenters. The number of ether oxygens (including phenoxy) is 2. The van der Waals surface area contributed by atoms with Gasteiger partial charge in [-0.05, 0) is 37.5 Å². The first-order chi connectivity index (χ1) is 8.74. The normalized spacial score (nSPS) is 15.5. The number of hydrogen-bond donors (Lipinski definition) is 1. The average Bonchev–Trinajstić information content (AvgIpc) is 2.41. The van der Waals surface area contributed by atoms with Gasteiger partial charge in [0.15, 0.2) is 0 Å². The van der Waals surface area contributed by atoms with Gasteiger partial charge in [0.25, 0.3) is 0 Å². The maximum absolute atomic E-state index is 5.47. The molecule has 108 valence electrons. The maximum atomic E-state index is 5.47. The maximum Gasteiger partial charge on any atom is 0.146 e. The van der Waals surface area contributed by atoms with Gasteiger partial charge in [-0.2, -0.15) is 0 Å². The Morgan fingerprint density at radius 3 is 2.00 bits per heavy atom. The highest BCUT2D eigenvalue weighted by atomic mass is 35.5. The van der Waals surface area contributed by atoms with Gasteiger partial charge in [-0.25, -0.2) is 0 Å². The van der Waals surface area contributed by atoms with Crippen molar-refractivity contribution in [1.82, 2.24) is 0 Å². The Morgan fingerprint density at radius 2 is 1.53 bits per heavy atom. The number of rotatable bonds is 4. The van der Waals surface area contributed by atoms with Crippen LogP contribution in [0.1, 0.15) is 37.7 Å². The second-order valence-corrected chi connectivity index (χ2v) is 5.02. The number of halogens is 1. The van der Waals surface area contributed by atoms with E-state index in [9.17, 15) is 0 Å². The van der Waals surface area contributed by atoms with Crippen LogP contribution in [-0.2, 0) is 0 Å². The summed E-state index contributed by atoms with van der Waals surface area (Å²) < 4.78 is 10.9. The van der Waals surface area contributed by atoms with E-state index in [1.807, 2.05) is 12.1 Å². The van der Waals surface area contributed by atoms with Gasteiger partial charge in [0.1, 0.15) is 17.2 Å². The molecule has 1 fully saturated rings. The van der Waals surface area contributed by atoms with Crippen LogP contribution >= 0.6 is 12.4 Å². The number of methoxy groups -OCH3 is 2. The number of aryl methyl sites for hydroxylation is 1. The summed E-state index contributed by atoms with van der Waals surface area (Å²) in [5, 5.41) is 3.60. The Kier molecular flexibility index (Phi) is 6.29. The first-order valence-corrected chi connectivity index (χ1v) is 6.73. The Balaban J connectivity index is 0.00000180. The second kappa shape index (κ2) is 7.49. The van der Waals surface area contributed by atoms with Crippen molar-refractivity contribution >= 4 is 18.1 Å². The molecule has 0 spiro atoms. The molecule has 4 heteroatoms. The van der Waals surface area contributed by atoms with Crippen LogP contribution in [0.3, 0.4) is 0 Å². The molecule has 0 amide bonds. The summed E-state index contributed by atoms with van der Waals surface area (Å²) in [5.41, 5.74) is 2.15. The Hall–Kier alpha value is -1.09. The van der Waals surface area contributed by atoms with Gasteiger partial charge in [-0.3, -0.25) is 0 Å². The molecule has 1 saturated carbocycles. The summed E-state index contributed by atoms with van der Waals surface area (Å²) >= 11 is 0. The first-order valence-electron chi connectivity index (χ1n) is 6.73. The largest absolute Gasteiger partial charge is 0.494 e. The van der Waals surface area contributed by atoms with E-state index in [-0.39, 0.29) is 12.4 Å². The van der Waals surface area contributed by atoms with Crippen LogP contribution in [0.5, 0.6) is 11.5 Å². The van der Waals surface area contributed by atoms with E-state index in [1.54, 1.807) is 14.2 Å². The van der Waals surface area contributed by atoms with Crippen molar-refractivity contribution in [3.05, 3.63) is 17.7 Å². The molecule has 1 aromatic carbocycles. The SMILES string of the molecule is COc1cc(C)cc(OC)c1NC1CCCCC1.Cl. The average molecular weight is 286 g/mol. The molecule has 0 unspecified atom stereocenters. The minimum Gasteiger partial charge on any atom is -0.494 e. The van der Waals surface area contributed by atoms with Crippen LogP contribution in [-0.4, -0.2) is 20.3 Å². The van der Waals surface area contributed by atoms with Crippen molar-refractivity contribution < 1.29 is 9.47 Å². The highest BCUT2D eigenvalue weighted by Crippen LogP contribution is 2.37. The summed E-state index contributed by atoms with van der Waals surface area (Å²) in [5.74, 6) is 1.75. The third-order valence-corrected chi connectivity index (χ3v) is 3.60. The van der Waals surface area contributed by atoms with Gasteiger partial charge < -0.3 is 14.8 Å². The molecule has 0 aliphatic heterocycles. The van der Waals surface area contributed by atoms with E-state index in [0.29, 0.717) is 6.04 Å². The number of benzene rings is 1. The van der Waals surface area contributed by atoms with Crippen LogP contribution in [0.15, 0.2) is 12.1 Å². The highest BCUT2D eigenvalue weighted by molar-refractivity contribution is 5.85. The van der Waals surface area contributed by atoms with E-state index in [1.165, 1.54) is 32.1 Å². The van der Waals surface area contributed by atoms with E-state index in [0.717, 1.165) is 22.7 Å². The summed E-state index contributed by atoms with van der Waals surface area (Å²) in [7, 11) is 3.42. The van der Waals surface area contributed by atoms with Crippen LogP contribution in [0.25, 0.3) is 0 Å². The fourth-order valence-electron chi connectivity index (χ4n) is 2.64. The lowest BCUT2D eigenvalue weighted by Crippen LogP contribution is -2.22. The molecule has 1 aliphatic carbocycles. The quantitative estimate of drug-likeness (QED) is 0.900. The molecule has 0 saturated heterocycles. The zero-order valence-corrected chi connectivity index (χ0v) is 12.8. The predicted octanol–water partition coefficient (Wildman–Crippen LogP) is 4.18. The van der Waals surface area contributed by atoms with Gasteiger partial charge in [0.2, 0.25) is 0 Å². The van der Waals surface area contributed by atoms with Crippen LogP contribution in [0.2, 0.25) is 0 Å². The summed E-state index contributed by atoms with van der Waals surface area (Å²) in [6, 6.07) is 4.64. The lowest BCUT2D eigenvalue weighted by Gasteiger charge is -2.26. The predicted molar refractivity (Wildman–Crippen MR) is 82.0 cm³/mol. The molecular weight excluding hydrogens is 262 g/mol. The Morgan fingerprint density at radius 1 is 1.00 bits per heavy atom. The van der Waals surface area contributed by atoms with Crippen molar-refractivity contribution in [2.24, 2.45) is 0 Å². The molecule has 0 radical (unpaired) electrons. The van der Waals surface area contributed by atoms with Crippen LogP contribution < -0.4 is 14.8 Å². The van der Waals surface area contributed by atoms with Gasteiger partial charge in [0, 0.05) is 6.04 Å². The molecule has 1 N–H and O–H groups in total. The summed E-state index contributed by atoms with van der Waals surface area (Å²) in [6.45, 7) is 2.05. The highest BCUT2D eigenvalue weighted by Gasteiger charge is 2.18. The van der Waals surface area contributed by atoms with Crippen LogP contribution in [0, 0.1) is 6.92 Å². The van der Waals surface area contributed by atoms with Crippen LogP contribution in [0.4, 0.5) is 5.69 Å². The molecule has 0 aromatic heterocycles. The van der Waals surface area contributed by atoms with Crippen molar-refractivity contribution in [3.8, 4) is 11.5 Å². The Labute approximate surface area is 122 Å². The monoisotopic (exact) mass is 285 g/mol. The minimum absolute atomic E-state index is 0. The molecule has 0 heterocycles. The van der Waals surface area contributed by atoms with Gasteiger partial charge in [-0.1, -0.05) is 19.3 Å². The minimum atomic E-state index is 0. The number of nitrogens with one attached hydrogen (secondary N) is 1. The van der Waals surface area contributed by atoms with Crippen molar-refractivity contribution in [2.75, 3.05) is 19.5 Å². The fourth-order valence-corrected chi connectivity index (χ4v) is 2.64. The third kappa shape index (κ3) is 3.93. The van der Waals surface area contributed by atoms with Crippen molar-refractivity contribution in [3.63, 3.8) is 0 Å². The molecule has 1 aromatic rings. The number of hydrogen-bond acceptors (Lipinski definition) is 3. The third-order valence-electron chi connectivity index (χ3n) is 3.60. The molecule has 3 nitrogen and oxygen atoms in total. The molecule has 2 rings (SSSR count). The summed E-state index contributed by atoms with van der Waals surface area (Å²) in [4.78, 5) is 0. The zero-order valence-electron chi connectivity index (χ0n) is 12.0. The molecule has 0 bridgehead atoms.